The minimum absolute atomic E-state index is 0. The van der Waals surface area contributed by atoms with E-state index in [0.717, 1.165) is 13.0 Å². The largest absolute Gasteiger partial charge is 0.400 e. The Morgan fingerprint density at radius 2 is 1.67 bits per heavy atom. The molecule has 0 amide bonds. The summed E-state index contributed by atoms with van der Waals surface area (Å²) in [5.41, 5.74) is 0. The third kappa shape index (κ3) is 7.21. The van der Waals surface area contributed by atoms with Crippen LogP contribution in [0.1, 0.15) is 44.9 Å². The molecule has 2 bridgehead atoms. The van der Waals surface area contributed by atoms with Crippen molar-refractivity contribution >= 4 is 0 Å². The molecule has 0 saturated heterocycles. The molecule has 3 rings (SSSR count). The molecule has 0 spiro atoms. The summed E-state index contributed by atoms with van der Waals surface area (Å²) in [6.07, 6.45) is 22.9. The number of allylic oxidation sites excluding steroid dienone is 6. The molecular weight excluding hydrogens is 315 g/mol. The van der Waals surface area contributed by atoms with Gasteiger partial charge in [0.05, 0.1) is 0 Å². The van der Waals surface area contributed by atoms with Crippen LogP contribution in [0.5, 0.6) is 0 Å². The van der Waals surface area contributed by atoms with Crippen LogP contribution in [0, 0.1) is 11.8 Å². The van der Waals surface area contributed by atoms with Gasteiger partial charge in [0.15, 0.2) is 0 Å². The van der Waals surface area contributed by atoms with Crippen LogP contribution in [0.3, 0.4) is 0 Å². The molecule has 2 heteroatoms. The van der Waals surface area contributed by atoms with Gasteiger partial charge in [-0.25, -0.2) is 18.1 Å². The molecular formula is C16H25OPd-. The summed E-state index contributed by atoms with van der Waals surface area (Å²) in [5, 5.41) is 7.00. The predicted molar refractivity (Wildman–Crippen MR) is 74.6 cm³/mol. The number of fused-ring (bicyclic) bond motifs is 2. The standard InChI is InChI=1S/C8H12.C7H9.CH4O.Pd/c1-2-4-6-8-7-5-3-1;1-2-7-4-3-6(1)5-7;1-2;/h1-4H,5-8H2;1-2,6H,3-5H2;2H,1H3;/q;-1;;. The molecule has 3 aliphatic carbocycles. The van der Waals surface area contributed by atoms with Crippen molar-refractivity contribution in [3.8, 4) is 0 Å². The summed E-state index contributed by atoms with van der Waals surface area (Å²) in [4.78, 5) is 0. The van der Waals surface area contributed by atoms with E-state index >= 15 is 0 Å². The van der Waals surface area contributed by atoms with Crippen LogP contribution in [0.15, 0.2) is 36.5 Å². The predicted octanol–water partition coefficient (Wildman–Crippen LogP) is 4.21. The van der Waals surface area contributed by atoms with Gasteiger partial charge in [0.2, 0.25) is 0 Å². The first-order valence-electron chi connectivity index (χ1n) is 6.74. The molecule has 1 unspecified atom stereocenters. The van der Waals surface area contributed by atoms with Crippen LogP contribution in [0.2, 0.25) is 0 Å². The zero-order valence-electron chi connectivity index (χ0n) is 11.3. The summed E-state index contributed by atoms with van der Waals surface area (Å²) in [5.74, 6) is 2.64. The van der Waals surface area contributed by atoms with Crippen molar-refractivity contribution in [2.75, 3.05) is 7.11 Å². The molecule has 106 valence electrons. The summed E-state index contributed by atoms with van der Waals surface area (Å²) >= 11 is 0. The van der Waals surface area contributed by atoms with E-state index in [2.05, 4.69) is 36.5 Å². The number of aliphatic hydroxyl groups excluding tert-OH is 1. The van der Waals surface area contributed by atoms with Crippen LogP contribution in [-0.2, 0) is 20.4 Å². The number of hydrogen-bond donors (Lipinski definition) is 1. The Hall–Kier alpha value is -0.288. The van der Waals surface area contributed by atoms with Crippen molar-refractivity contribution in [2.24, 2.45) is 5.92 Å². The van der Waals surface area contributed by atoms with Gasteiger partial charge in [-0.1, -0.05) is 37.1 Å². The molecule has 18 heavy (non-hydrogen) atoms. The van der Waals surface area contributed by atoms with Crippen molar-refractivity contribution < 1.29 is 25.5 Å². The molecule has 0 aromatic rings. The second-order valence-corrected chi connectivity index (χ2v) is 4.66. The smallest absolute Gasteiger partial charge is 0.0319 e. The van der Waals surface area contributed by atoms with Crippen LogP contribution in [0.4, 0.5) is 0 Å². The van der Waals surface area contributed by atoms with E-state index < -0.39 is 0 Å². The Morgan fingerprint density at radius 3 is 1.94 bits per heavy atom. The van der Waals surface area contributed by atoms with E-state index in [0.29, 0.717) is 0 Å². The fraction of sp³-hybridized carbons (Fsp3) is 0.562. The first-order valence-corrected chi connectivity index (χ1v) is 6.74. The van der Waals surface area contributed by atoms with Crippen molar-refractivity contribution in [1.29, 1.82) is 0 Å². The van der Waals surface area contributed by atoms with Gasteiger partial charge in [0, 0.05) is 27.5 Å². The Labute approximate surface area is 126 Å². The van der Waals surface area contributed by atoms with Gasteiger partial charge < -0.3 is 5.11 Å². The molecule has 0 heterocycles. The Bertz CT molecular complexity index is 242. The summed E-state index contributed by atoms with van der Waals surface area (Å²) < 4.78 is 0. The van der Waals surface area contributed by atoms with E-state index in [1.54, 1.807) is 5.92 Å². The maximum absolute atomic E-state index is 7.00. The maximum Gasteiger partial charge on any atom is 0.0319 e. The fourth-order valence-electron chi connectivity index (χ4n) is 2.37. The summed E-state index contributed by atoms with van der Waals surface area (Å²) in [6.45, 7) is 0. The molecule has 1 nitrogen and oxygen atoms in total. The SMILES string of the molecule is C1=CC2CC[C-]1C2.C1=CCCCCC=C1.CO.[Pd]. The van der Waals surface area contributed by atoms with E-state index in [4.69, 9.17) is 5.11 Å². The number of rotatable bonds is 0. The zero-order chi connectivity index (χ0) is 12.3. The third-order valence-corrected chi connectivity index (χ3v) is 3.34. The summed E-state index contributed by atoms with van der Waals surface area (Å²) in [6, 6.07) is 0. The Kier molecular flexibility index (Phi) is 11.6. The molecule has 1 N–H and O–H groups in total. The molecule has 1 saturated carbocycles. The third-order valence-electron chi connectivity index (χ3n) is 3.34. The van der Waals surface area contributed by atoms with Crippen molar-refractivity contribution in [3.05, 3.63) is 42.4 Å². The number of aliphatic hydroxyl groups is 1. The topological polar surface area (TPSA) is 20.2 Å². The van der Waals surface area contributed by atoms with Crippen LogP contribution < -0.4 is 0 Å². The fourth-order valence-corrected chi connectivity index (χ4v) is 2.37. The van der Waals surface area contributed by atoms with Gasteiger partial charge in [-0.15, -0.1) is 12.3 Å². The average molecular weight is 340 g/mol. The molecule has 1 atom stereocenters. The molecule has 1 fully saturated rings. The average Bonchev–Trinajstić information content (AvgIpc) is 2.95. The Morgan fingerprint density at radius 1 is 1.06 bits per heavy atom. The Balaban J connectivity index is 0.000000270. The monoisotopic (exact) mass is 339 g/mol. The van der Waals surface area contributed by atoms with E-state index in [-0.39, 0.29) is 20.4 Å². The van der Waals surface area contributed by atoms with Gasteiger partial charge in [0.25, 0.3) is 0 Å². The van der Waals surface area contributed by atoms with Gasteiger partial charge in [-0.2, -0.15) is 0 Å². The first kappa shape index (κ1) is 17.7. The molecule has 0 aromatic heterocycles. The van der Waals surface area contributed by atoms with E-state index in [9.17, 15) is 0 Å². The molecule has 0 radical (unpaired) electrons. The number of hydrogen-bond acceptors (Lipinski definition) is 1. The van der Waals surface area contributed by atoms with Crippen molar-refractivity contribution in [3.63, 3.8) is 0 Å². The normalized spacial score (nSPS) is 23.0. The van der Waals surface area contributed by atoms with E-state index in [1.165, 1.54) is 44.9 Å². The van der Waals surface area contributed by atoms with Gasteiger partial charge in [-0.05, 0) is 25.7 Å². The first-order chi connectivity index (χ1) is 8.45. The molecule has 3 aliphatic rings. The maximum atomic E-state index is 7.00. The minimum atomic E-state index is 0. The molecule has 0 aliphatic heterocycles. The van der Waals surface area contributed by atoms with Gasteiger partial charge in [-0.3, -0.25) is 0 Å². The van der Waals surface area contributed by atoms with Crippen LogP contribution in [0.25, 0.3) is 0 Å². The summed E-state index contributed by atoms with van der Waals surface area (Å²) in [7, 11) is 1.00. The molecule has 0 aromatic carbocycles. The van der Waals surface area contributed by atoms with Crippen molar-refractivity contribution in [1.82, 2.24) is 0 Å². The van der Waals surface area contributed by atoms with E-state index in [1.807, 2.05) is 0 Å². The second-order valence-electron chi connectivity index (χ2n) is 4.66. The van der Waals surface area contributed by atoms with Crippen LogP contribution in [-0.4, -0.2) is 12.2 Å². The quantitative estimate of drug-likeness (QED) is 0.518. The van der Waals surface area contributed by atoms with Gasteiger partial charge in [0.1, 0.15) is 0 Å². The van der Waals surface area contributed by atoms with Crippen molar-refractivity contribution in [2.45, 2.75) is 44.9 Å². The zero-order valence-corrected chi connectivity index (χ0v) is 12.8. The minimum Gasteiger partial charge on any atom is -0.400 e. The van der Waals surface area contributed by atoms with Crippen LogP contribution >= 0.6 is 0 Å². The second kappa shape index (κ2) is 11.8. The van der Waals surface area contributed by atoms with Gasteiger partial charge >= 0.3 is 0 Å².